The second kappa shape index (κ2) is 7.59. The molecular weight excluding hydrogens is 262 g/mol. The Morgan fingerprint density at radius 1 is 1.50 bits per heavy atom. The van der Waals surface area contributed by atoms with Gasteiger partial charge in [-0.25, -0.2) is 4.79 Å². The van der Waals surface area contributed by atoms with Gasteiger partial charge in [0.2, 0.25) is 0 Å². The van der Waals surface area contributed by atoms with Crippen LogP contribution in [0.4, 0.5) is 0 Å². The summed E-state index contributed by atoms with van der Waals surface area (Å²) in [5.74, 6) is -0.682. The first-order valence-electron chi connectivity index (χ1n) is 6.46. The Morgan fingerprint density at radius 3 is 2.75 bits per heavy atom. The van der Waals surface area contributed by atoms with Crippen molar-refractivity contribution in [1.82, 2.24) is 20.3 Å². The van der Waals surface area contributed by atoms with Crippen LogP contribution in [-0.4, -0.2) is 46.6 Å². The van der Waals surface area contributed by atoms with Crippen LogP contribution in [-0.2, 0) is 16.1 Å². The number of ether oxygens (including phenoxy) is 1. The molecule has 20 heavy (non-hydrogen) atoms. The molecule has 0 saturated heterocycles. The molecule has 0 aromatic carbocycles. The summed E-state index contributed by atoms with van der Waals surface area (Å²) in [5, 5.41) is 10.1. The maximum Gasteiger partial charge on any atom is 0.328 e. The van der Waals surface area contributed by atoms with Gasteiger partial charge in [-0.3, -0.25) is 9.48 Å². The van der Waals surface area contributed by atoms with Gasteiger partial charge in [-0.05, 0) is 12.3 Å². The van der Waals surface area contributed by atoms with Gasteiger partial charge in [0.15, 0.2) is 5.69 Å². The molecule has 1 atom stereocenters. The van der Waals surface area contributed by atoms with Crippen molar-refractivity contribution in [2.45, 2.75) is 32.9 Å². The molecule has 0 saturated carbocycles. The number of hydrogen-bond donors (Lipinski definition) is 2. The molecule has 3 N–H and O–H groups in total. The van der Waals surface area contributed by atoms with Crippen molar-refractivity contribution in [2.24, 2.45) is 11.7 Å². The van der Waals surface area contributed by atoms with E-state index in [0.29, 0.717) is 19.5 Å². The number of aromatic nitrogens is 3. The zero-order valence-corrected chi connectivity index (χ0v) is 12.0. The van der Waals surface area contributed by atoms with Crippen LogP contribution in [0.25, 0.3) is 0 Å². The molecule has 8 nitrogen and oxygen atoms in total. The van der Waals surface area contributed by atoms with Crippen LogP contribution in [0, 0.1) is 5.92 Å². The SMILES string of the molecule is COC(=O)[C@H](CC(C)C)NC(=O)c1cn(CCN)nn1. The second-order valence-electron chi connectivity index (χ2n) is 4.83. The first-order chi connectivity index (χ1) is 9.47. The number of nitrogens with one attached hydrogen (secondary N) is 1. The molecule has 0 aliphatic rings. The Hall–Kier alpha value is -1.96. The maximum atomic E-state index is 12.0. The number of methoxy groups -OCH3 is 1. The Morgan fingerprint density at radius 2 is 2.20 bits per heavy atom. The van der Waals surface area contributed by atoms with Crippen molar-refractivity contribution in [3.63, 3.8) is 0 Å². The minimum Gasteiger partial charge on any atom is -0.467 e. The molecule has 1 heterocycles. The van der Waals surface area contributed by atoms with E-state index >= 15 is 0 Å². The van der Waals surface area contributed by atoms with Gasteiger partial charge < -0.3 is 15.8 Å². The average Bonchev–Trinajstić information content (AvgIpc) is 2.85. The minimum atomic E-state index is -0.688. The van der Waals surface area contributed by atoms with Crippen LogP contribution in [0.2, 0.25) is 0 Å². The Bertz CT molecular complexity index is 458. The number of rotatable bonds is 7. The quantitative estimate of drug-likeness (QED) is 0.656. The second-order valence-corrected chi connectivity index (χ2v) is 4.83. The lowest BCUT2D eigenvalue weighted by molar-refractivity contribution is -0.143. The van der Waals surface area contributed by atoms with Gasteiger partial charge in [0.05, 0.1) is 19.9 Å². The molecule has 0 aliphatic heterocycles. The summed E-state index contributed by atoms with van der Waals surface area (Å²) < 4.78 is 6.16. The summed E-state index contributed by atoms with van der Waals surface area (Å²) in [7, 11) is 1.29. The van der Waals surface area contributed by atoms with E-state index in [-0.39, 0.29) is 11.6 Å². The van der Waals surface area contributed by atoms with Crippen molar-refractivity contribution >= 4 is 11.9 Å². The smallest absolute Gasteiger partial charge is 0.328 e. The van der Waals surface area contributed by atoms with E-state index in [9.17, 15) is 9.59 Å². The number of hydrogen-bond acceptors (Lipinski definition) is 6. The number of nitrogens with two attached hydrogens (primary N) is 1. The van der Waals surface area contributed by atoms with Crippen molar-refractivity contribution < 1.29 is 14.3 Å². The first kappa shape index (κ1) is 16.1. The average molecular weight is 283 g/mol. The molecule has 8 heteroatoms. The van der Waals surface area contributed by atoms with E-state index in [4.69, 9.17) is 5.73 Å². The Kier molecular flexibility index (Phi) is 6.10. The molecule has 1 aromatic heterocycles. The lowest BCUT2D eigenvalue weighted by Gasteiger charge is -2.17. The van der Waals surface area contributed by atoms with Crippen LogP contribution >= 0.6 is 0 Å². The van der Waals surface area contributed by atoms with E-state index in [1.54, 1.807) is 0 Å². The highest BCUT2D eigenvalue weighted by molar-refractivity contribution is 5.94. The molecule has 0 bridgehead atoms. The molecule has 0 aliphatic carbocycles. The van der Waals surface area contributed by atoms with E-state index < -0.39 is 17.9 Å². The molecular formula is C12H21N5O3. The fourth-order valence-corrected chi connectivity index (χ4v) is 1.70. The first-order valence-corrected chi connectivity index (χ1v) is 6.46. The topological polar surface area (TPSA) is 112 Å². The molecule has 0 fully saturated rings. The lowest BCUT2D eigenvalue weighted by atomic mass is 10.0. The number of esters is 1. The zero-order chi connectivity index (χ0) is 15.1. The van der Waals surface area contributed by atoms with Gasteiger partial charge in [-0.15, -0.1) is 5.10 Å². The van der Waals surface area contributed by atoms with E-state index in [0.717, 1.165) is 0 Å². The number of carbonyl (C=O) groups is 2. The predicted molar refractivity (Wildman–Crippen MR) is 71.8 cm³/mol. The molecule has 1 aromatic rings. The largest absolute Gasteiger partial charge is 0.467 e. The van der Waals surface area contributed by atoms with Crippen LogP contribution in [0.1, 0.15) is 30.8 Å². The van der Waals surface area contributed by atoms with Crippen LogP contribution in [0.5, 0.6) is 0 Å². The van der Waals surface area contributed by atoms with Gasteiger partial charge >= 0.3 is 5.97 Å². The van der Waals surface area contributed by atoms with Crippen molar-refractivity contribution in [3.05, 3.63) is 11.9 Å². The number of amides is 1. The van der Waals surface area contributed by atoms with E-state index in [1.165, 1.54) is 18.0 Å². The van der Waals surface area contributed by atoms with Gasteiger partial charge in [-0.2, -0.15) is 0 Å². The summed E-state index contributed by atoms with van der Waals surface area (Å²) in [6, 6.07) is -0.688. The van der Waals surface area contributed by atoms with Crippen molar-refractivity contribution in [2.75, 3.05) is 13.7 Å². The van der Waals surface area contributed by atoms with E-state index in [2.05, 4.69) is 20.4 Å². The van der Waals surface area contributed by atoms with Gasteiger partial charge in [-0.1, -0.05) is 19.1 Å². The predicted octanol–water partition coefficient (Wildman–Crippen LogP) is -0.446. The summed E-state index contributed by atoms with van der Waals surface area (Å²) in [4.78, 5) is 23.6. The molecule has 112 valence electrons. The van der Waals surface area contributed by atoms with Crippen molar-refractivity contribution in [3.8, 4) is 0 Å². The molecule has 0 spiro atoms. The highest BCUT2D eigenvalue weighted by Gasteiger charge is 2.24. The maximum absolute atomic E-state index is 12.0. The number of nitrogens with zero attached hydrogens (tertiary/aromatic N) is 3. The highest BCUT2D eigenvalue weighted by atomic mass is 16.5. The van der Waals surface area contributed by atoms with E-state index in [1.807, 2.05) is 13.8 Å². The highest BCUT2D eigenvalue weighted by Crippen LogP contribution is 2.07. The monoisotopic (exact) mass is 283 g/mol. The summed E-state index contributed by atoms with van der Waals surface area (Å²) in [6.07, 6.45) is 1.99. The third kappa shape index (κ3) is 4.61. The normalized spacial score (nSPS) is 12.2. The van der Waals surface area contributed by atoms with Gasteiger partial charge in [0.1, 0.15) is 6.04 Å². The summed E-state index contributed by atoms with van der Waals surface area (Å²) in [6.45, 7) is 4.80. The standard InChI is InChI=1S/C12H21N5O3/c1-8(2)6-9(12(19)20-3)14-11(18)10-7-17(5-4-13)16-15-10/h7-9H,4-6,13H2,1-3H3,(H,14,18)/t9-/m0/s1. The Balaban J connectivity index is 2.71. The number of carbonyl (C=O) groups excluding carboxylic acids is 2. The zero-order valence-electron chi connectivity index (χ0n) is 12.0. The fourth-order valence-electron chi connectivity index (χ4n) is 1.70. The van der Waals surface area contributed by atoms with Gasteiger partial charge in [0.25, 0.3) is 5.91 Å². The third-order valence-electron chi connectivity index (χ3n) is 2.63. The Labute approximate surface area is 117 Å². The summed E-state index contributed by atoms with van der Waals surface area (Å²) in [5.41, 5.74) is 5.54. The van der Waals surface area contributed by atoms with Crippen LogP contribution in [0.3, 0.4) is 0 Å². The van der Waals surface area contributed by atoms with Gasteiger partial charge in [0, 0.05) is 6.54 Å². The molecule has 1 amide bonds. The molecule has 1 rings (SSSR count). The summed E-state index contributed by atoms with van der Waals surface area (Å²) >= 11 is 0. The van der Waals surface area contributed by atoms with Crippen molar-refractivity contribution in [1.29, 1.82) is 0 Å². The lowest BCUT2D eigenvalue weighted by Crippen LogP contribution is -2.42. The minimum absolute atomic E-state index is 0.149. The third-order valence-corrected chi connectivity index (χ3v) is 2.63. The van der Waals surface area contributed by atoms with Crippen LogP contribution in [0.15, 0.2) is 6.20 Å². The van der Waals surface area contributed by atoms with Crippen LogP contribution < -0.4 is 11.1 Å². The fraction of sp³-hybridized carbons (Fsp3) is 0.667. The molecule has 0 unspecified atom stereocenters. The molecule has 0 radical (unpaired) electrons.